The van der Waals surface area contributed by atoms with E-state index in [1.807, 2.05) is 4.72 Å². The molecule has 6 nitrogen and oxygen atoms in total. The molecule has 2 aromatic rings. The molecule has 0 unspecified atom stereocenters. The second-order valence-corrected chi connectivity index (χ2v) is 5.44. The molecule has 2 rings (SSSR count). The molecule has 0 saturated carbocycles. The maximum atomic E-state index is 13.5. The van der Waals surface area contributed by atoms with E-state index in [1.54, 1.807) is 6.92 Å². The number of aromatic amines is 1. The zero-order valence-electron chi connectivity index (χ0n) is 9.74. The number of nitrogen functional groups attached to an aromatic ring is 1. The van der Waals surface area contributed by atoms with Crippen LogP contribution in [0.15, 0.2) is 23.4 Å². The fraction of sp³-hybridized carbons (Fsp3) is 0.100. The summed E-state index contributed by atoms with van der Waals surface area (Å²) in [4.78, 5) is 6.21. The lowest BCUT2D eigenvalue weighted by Crippen LogP contribution is -2.16. The molecule has 0 saturated heterocycles. The lowest BCUT2D eigenvalue weighted by atomic mass is 10.2. The monoisotopic (exact) mass is 288 g/mol. The van der Waals surface area contributed by atoms with E-state index in [1.165, 1.54) is 0 Å². The molecule has 0 spiro atoms. The van der Waals surface area contributed by atoms with Crippen molar-refractivity contribution < 1.29 is 17.2 Å². The van der Waals surface area contributed by atoms with E-state index < -0.39 is 27.3 Å². The summed E-state index contributed by atoms with van der Waals surface area (Å²) < 4.78 is 52.1. The summed E-state index contributed by atoms with van der Waals surface area (Å²) >= 11 is 0. The van der Waals surface area contributed by atoms with Crippen LogP contribution in [0.5, 0.6) is 0 Å². The average molecular weight is 288 g/mol. The third kappa shape index (κ3) is 2.65. The minimum Gasteiger partial charge on any atom is -0.397 e. The van der Waals surface area contributed by atoms with E-state index in [0.717, 1.165) is 12.3 Å². The zero-order valence-corrected chi connectivity index (χ0v) is 10.6. The van der Waals surface area contributed by atoms with Crippen molar-refractivity contribution in [1.82, 2.24) is 9.97 Å². The van der Waals surface area contributed by atoms with Gasteiger partial charge < -0.3 is 10.7 Å². The van der Waals surface area contributed by atoms with Crippen LogP contribution >= 0.6 is 0 Å². The van der Waals surface area contributed by atoms with Crippen LogP contribution in [0.1, 0.15) is 5.82 Å². The van der Waals surface area contributed by atoms with Crippen molar-refractivity contribution in [2.45, 2.75) is 11.9 Å². The number of rotatable bonds is 3. The van der Waals surface area contributed by atoms with Crippen LogP contribution in [-0.4, -0.2) is 18.4 Å². The van der Waals surface area contributed by atoms with E-state index in [4.69, 9.17) is 5.73 Å². The smallest absolute Gasteiger partial charge is 0.279 e. The van der Waals surface area contributed by atoms with E-state index in [-0.39, 0.29) is 10.7 Å². The van der Waals surface area contributed by atoms with E-state index >= 15 is 0 Å². The van der Waals surface area contributed by atoms with Gasteiger partial charge in [-0.2, -0.15) is 8.42 Å². The Bertz CT molecular complexity index is 704. The number of H-pyrrole nitrogens is 1. The van der Waals surface area contributed by atoms with Crippen molar-refractivity contribution in [2.24, 2.45) is 0 Å². The number of nitrogens with zero attached hydrogens (tertiary/aromatic N) is 1. The molecule has 0 radical (unpaired) electrons. The van der Waals surface area contributed by atoms with Crippen LogP contribution < -0.4 is 10.5 Å². The first-order valence-electron chi connectivity index (χ1n) is 5.08. The van der Waals surface area contributed by atoms with Crippen LogP contribution in [0.2, 0.25) is 0 Å². The van der Waals surface area contributed by atoms with Crippen molar-refractivity contribution in [3.05, 3.63) is 35.8 Å². The highest BCUT2D eigenvalue weighted by Gasteiger charge is 2.20. The van der Waals surface area contributed by atoms with Crippen LogP contribution in [0.4, 0.5) is 20.2 Å². The molecule has 102 valence electrons. The maximum absolute atomic E-state index is 13.5. The summed E-state index contributed by atoms with van der Waals surface area (Å²) in [5, 5.41) is -0.242. The van der Waals surface area contributed by atoms with Crippen molar-refractivity contribution in [1.29, 1.82) is 0 Å². The molecule has 1 aromatic heterocycles. The molecule has 4 N–H and O–H groups in total. The maximum Gasteiger partial charge on any atom is 0.279 e. The zero-order chi connectivity index (χ0) is 14.2. The van der Waals surface area contributed by atoms with Gasteiger partial charge in [0.15, 0.2) is 10.8 Å². The summed E-state index contributed by atoms with van der Waals surface area (Å²) in [6, 6.07) is 1.35. The molecule has 0 aliphatic rings. The largest absolute Gasteiger partial charge is 0.397 e. The molecular weight excluding hydrogens is 278 g/mol. The Balaban J connectivity index is 2.41. The van der Waals surface area contributed by atoms with Gasteiger partial charge in [-0.1, -0.05) is 0 Å². The van der Waals surface area contributed by atoms with Crippen molar-refractivity contribution in [3.8, 4) is 0 Å². The minimum atomic E-state index is -4.06. The second kappa shape index (κ2) is 4.50. The first-order valence-corrected chi connectivity index (χ1v) is 6.57. The van der Waals surface area contributed by atoms with Crippen LogP contribution in [0.25, 0.3) is 0 Å². The third-order valence-electron chi connectivity index (χ3n) is 2.29. The van der Waals surface area contributed by atoms with Gasteiger partial charge in [0.25, 0.3) is 10.0 Å². The SMILES string of the molecule is Cc1ncc(S(=O)(=O)Nc2c(N)cc(F)cc2F)[nH]1. The molecule has 0 aliphatic carbocycles. The van der Waals surface area contributed by atoms with Crippen LogP contribution in [0, 0.1) is 18.6 Å². The Hall–Kier alpha value is -2.16. The average Bonchev–Trinajstić information content (AvgIpc) is 2.71. The summed E-state index contributed by atoms with van der Waals surface area (Å²) in [5.41, 5.74) is 4.52. The molecule has 0 bridgehead atoms. The number of nitrogens with one attached hydrogen (secondary N) is 2. The molecule has 0 atom stereocenters. The molecule has 9 heteroatoms. The highest BCUT2D eigenvalue weighted by molar-refractivity contribution is 7.92. The first-order chi connectivity index (χ1) is 8.79. The highest BCUT2D eigenvalue weighted by Crippen LogP contribution is 2.26. The molecule has 0 aliphatic heterocycles. The van der Waals surface area contributed by atoms with Gasteiger partial charge in [0.2, 0.25) is 0 Å². The number of aryl methyl sites for hydroxylation is 1. The predicted octanol–water partition coefficient (Wildman–Crippen LogP) is 1.38. The van der Waals surface area contributed by atoms with Gasteiger partial charge in [0, 0.05) is 6.07 Å². The number of nitrogens with two attached hydrogens (primary N) is 1. The molecule has 1 heterocycles. The van der Waals surface area contributed by atoms with Crippen LogP contribution in [-0.2, 0) is 10.0 Å². The van der Waals surface area contributed by atoms with Gasteiger partial charge >= 0.3 is 0 Å². The lowest BCUT2D eigenvalue weighted by molar-refractivity contribution is 0.583. The Morgan fingerprint density at radius 2 is 2.05 bits per heavy atom. The molecular formula is C10H10F2N4O2S. The predicted molar refractivity (Wildman–Crippen MR) is 64.9 cm³/mol. The molecule has 19 heavy (non-hydrogen) atoms. The Morgan fingerprint density at radius 1 is 1.37 bits per heavy atom. The Labute approximate surface area is 107 Å². The van der Waals surface area contributed by atoms with E-state index in [0.29, 0.717) is 11.9 Å². The topological polar surface area (TPSA) is 101 Å². The lowest BCUT2D eigenvalue weighted by Gasteiger charge is -2.10. The minimum absolute atomic E-state index is 0.242. The van der Waals surface area contributed by atoms with Crippen molar-refractivity contribution in [3.63, 3.8) is 0 Å². The van der Waals surface area contributed by atoms with Gasteiger partial charge in [0.05, 0.1) is 11.9 Å². The van der Waals surface area contributed by atoms with E-state index in [9.17, 15) is 17.2 Å². The highest BCUT2D eigenvalue weighted by atomic mass is 32.2. The third-order valence-corrected chi connectivity index (χ3v) is 3.55. The van der Waals surface area contributed by atoms with Gasteiger partial charge in [0.1, 0.15) is 17.3 Å². The number of imidazole rings is 1. The number of anilines is 2. The molecule has 0 amide bonds. The number of halogens is 2. The second-order valence-electron chi connectivity index (χ2n) is 3.79. The van der Waals surface area contributed by atoms with Gasteiger partial charge in [-0.25, -0.2) is 13.8 Å². The number of benzene rings is 1. The fourth-order valence-corrected chi connectivity index (χ4v) is 2.49. The van der Waals surface area contributed by atoms with Crippen molar-refractivity contribution in [2.75, 3.05) is 10.5 Å². The summed E-state index contributed by atoms with van der Waals surface area (Å²) in [5.74, 6) is -1.61. The number of hydrogen-bond donors (Lipinski definition) is 3. The fourth-order valence-electron chi connectivity index (χ4n) is 1.43. The van der Waals surface area contributed by atoms with Gasteiger partial charge in [-0.3, -0.25) is 4.72 Å². The number of hydrogen-bond acceptors (Lipinski definition) is 4. The van der Waals surface area contributed by atoms with Crippen LogP contribution in [0.3, 0.4) is 0 Å². The first kappa shape index (κ1) is 13.3. The Kier molecular flexibility index (Phi) is 3.14. The number of sulfonamides is 1. The van der Waals surface area contributed by atoms with Crippen molar-refractivity contribution >= 4 is 21.4 Å². The normalized spacial score (nSPS) is 11.5. The summed E-state index contributed by atoms with van der Waals surface area (Å²) in [6.07, 6.45) is 1.08. The Morgan fingerprint density at radius 3 is 2.58 bits per heavy atom. The van der Waals surface area contributed by atoms with E-state index in [2.05, 4.69) is 9.97 Å². The summed E-state index contributed by atoms with van der Waals surface area (Å²) in [7, 11) is -4.06. The van der Waals surface area contributed by atoms with Gasteiger partial charge in [-0.05, 0) is 13.0 Å². The standard InChI is InChI=1S/C10H10F2N4O2S/c1-5-14-4-9(15-5)19(17,18)16-10-7(12)2-6(11)3-8(10)13/h2-4,16H,13H2,1H3,(H,14,15). The number of aromatic nitrogens is 2. The summed E-state index contributed by atoms with van der Waals surface area (Å²) in [6.45, 7) is 1.56. The van der Waals surface area contributed by atoms with Gasteiger partial charge in [-0.15, -0.1) is 0 Å². The molecule has 0 fully saturated rings. The molecule has 1 aromatic carbocycles. The quantitative estimate of drug-likeness (QED) is 0.743.